The topological polar surface area (TPSA) is 55.4 Å². The van der Waals surface area contributed by atoms with Crippen LogP contribution < -0.4 is 0 Å². The highest BCUT2D eigenvalue weighted by atomic mass is 31.2. The summed E-state index contributed by atoms with van der Waals surface area (Å²) in [6.07, 6.45) is 1.20. The largest absolute Gasteiger partial charge is 0.344 e. The van der Waals surface area contributed by atoms with E-state index in [1.54, 1.807) is 28.4 Å². The fourth-order valence-corrected chi connectivity index (χ4v) is 4.06. The first-order chi connectivity index (χ1) is 8.95. The Kier molecular flexibility index (Phi) is 7.59. The van der Waals surface area contributed by atoms with Crippen molar-refractivity contribution < 1.29 is 27.6 Å². The standard InChI is InChI=1S/C11H24O6P2/c1-11(2)16-9(7-18(12-3)13-4)10(17-11)8-19(14-5)15-6/h9-10H,7-8H2,1-6H3/t9-,10-/m0/s1. The zero-order valence-electron chi connectivity index (χ0n) is 12.4. The van der Waals surface area contributed by atoms with Crippen LogP contribution in [0.4, 0.5) is 0 Å². The molecule has 2 atom stereocenters. The van der Waals surface area contributed by atoms with Gasteiger partial charge in [-0.05, 0) is 13.8 Å². The van der Waals surface area contributed by atoms with Crippen LogP contribution in [0, 0.1) is 0 Å². The molecule has 1 aliphatic heterocycles. The van der Waals surface area contributed by atoms with Crippen LogP contribution in [0.25, 0.3) is 0 Å². The lowest BCUT2D eigenvalue weighted by atomic mass is 10.3. The molecule has 1 heterocycles. The minimum Gasteiger partial charge on any atom is -0.344 e. The molecule has 0 aromatic heterocycles. The average molecular weight is 314 g/mol. The van der Waals surface area contributed by atoms with E-state index in [-0.39, 0.29) is 12.2 Å². The third-order valence-corrected chi connectivity index (χ3v) is 5.70. The summed E-state index contributed by atoms with van der Waals surface area (Å²) >= 11 is 0. The van der Waals surface area contributed by atoms with Crippen molar-refractivity contribution in [2.45, 2.75) is 31.8 Å². The molecule has 19 heavy (non-hydrogen) atoms. The molecule has 0 amide bonds. The minimum absolute atomic E-state index is 0.0729. The van der Waals surface area contributed by atoms with Gasteiger partial charge in [-0.1, -0.05) is 0 Å². The Labute approximate surface area is 117 Å². The van der Waals surface area contributed by atoms with Gasteiger partial charge in [0.1, 0.15) is 0 Å². The van der Waals surface area contributed by atoms with Crippen molar-refractivity contribution in [1.29, 1.82) is 0 Å². The Morgan fingerprint density at radius 2 is 1.11 bits per heavy atom. The van der Waals surface area contributed by atoms with E-state index in [0.717, 1.165) is 0 Å². The van der Waals surface area contributed by atoms with E-state index in [2.05, 4.69) is 0 Å². The predicted octanol–water partition coefficient (Wildman–Crippen LogP) is 2.72. The summed E-state index contributed by atoms with van der Waals surface area (Å²) in [5.41, 5.74) is 0. The van der Waals surface area contributed by atoms with Crippen LogP contribution in [-0.2, 0) is 27.6 Å². The summed E-state index contributed by atoms with van der Waals surface area (Å²) in [6.45, 7) is 3.81. The van der Waals surface area contributed by atoms with Crippen LogP contribution >= 0.6 is 16.8 Å². The smallest absolute Gasteiger partial charge is 0.172 e. The third kappa shape index (κ3) is 5.49. The van der Waals surface area contributed by atoms with E-state index in [0.29, 0.717) is 12.3 Å². The number of hydrogen-bond donors (Lipinski definition) is 0. The molecule has 0 spiro atoms. The van der Waals surface area contributed by atoms with Gasteiger partial charge < -0.3 is 27.6 Å². The maximum atomic E-state index is 5.92. The first-order valence-electron chi connectivity index (χ1n) is 6.03. The fourth-order valence-electron chi connectivity index (χ4n) is 1.96. The van der Waals surface area contributed by atoms with E-state index in [9.17, 15) is 0 Å². The van der Waals surface area contributed by atoms with E-state index in [4.69, 9.17) is 27.6 Å². The molecule has 114 valence electrons. The van der Waals surface area contributed by atoms with Crippen molar-refractivity contribution in [3.05, 3.63) is 0 Å². The van der Waals surface area contributed by atoms with Crippen molar-refractivity contribution in [3.63, 3.8) is 0 Å². The Hall–Kier alpha value is 0.620. The maximum Gasteiger partial charge on any atom is 0.172 e. The van der Waals surface area contributed by atoms with E-state index in [1.165, 1.54) is 0 Å². The number of rotatable bonds is 8. The van der Waals surface area contributed by atoms with Gasteiger partial charge >= 0.3 is 0 Å². The summed E-state index contributed by atoms with van der Waals surface area (Å²) < 4.78 is 33.0. The van der Waals surface area contributed by atoms with Gasteiger partial charge in [0.25, 0.3) is 0 Å². The molecule has 0 aliphatic carbocycles. The Morgan fingerprint density at radius 3 is 1.37 bits per heavy atom. The molecule has 6 nitrogen and oxygen atoms in total. The molecule has 0 aromatic carbocycles. The van der Waals surface area contributed by atoms with Gasteiger partial charge in [0.05, 0.1) is 12.2 Å². The Morgan fingerprint density at radius 1 is 0.789 bits per heavy atom. The van der Waals surface area contributed by atoms with Crippen molar-refractivity contribution >= 4 is 16.8 Å². The van der Waals surface area contributed by atoms with Crippen molar-refractivity contribution in [3.8, 4) is 0 Å². The molecule has 0 aromatic rings. The van der Waals surface area contributed by atoms with Crippen molar-refractivity contribution in [2.75, 3.05) is 40.8 Å². The molecule has 0 unspecified atom stereocenters. The highest BCUT2D eigenvalue weighted by Crippen LogP contribution is 2.45. The molecule has 0 N–H and O–H groups in total. The van der Waals surface area contributed by atoms with Gasteiger partial charge in [0.2, 0.25) is 0 Å². The van der Waals surface area contributed by atoms with Gasteiger partial charge in [-0.3, -0.25) is 0 Å². The number of hydrogen-bond acceptors (Lipinski definition) is 6. The van der Waals surface area contributed by atoms with Gasteiger partial charge in [-0.15, -0.1) is 0 Å². The monoisotopic (exact) mass is 314 g/mol. The number of ether oxygens (including phenoxy) is 2. The van der Waals surface area contributed by atoms with Crippen LogP contribution in [-0.4, -0.2) is 58.8 Å². The molecule has 0 saturated carbocycles. The fraction of sp³-hybridized carbons (Fsp3) is 1.00. The molecule has 0 bridgehead atoms. The maximum absolute atomic E-state index is 5.92. The highest BCUT2D eigenvalue weighted by Gasteiger charge is 2.43. The molecular formula is C11H24O6P2. The zero-order chi connectivity index (χ0) is 14.5. The Bertz CT molecular complexity index is 234. The minimum atomic E-state index is -0.948. The first-order valence-corrected chi connectivity index (χ1v) is 8.75. The SMILES string of the molecule is COP(C[C@@H]1OC(C)(C)O[C@H]1CP(OC)OC)OC. The average Bonchev–Trinajstić information content (AvgIpc) is 2.67. The van der Waals surface area contributed by atoms with Crippen LogP contribution in [0.2, 0.25) is 0 Å². The predicted molar refractivity (Wildman–Crippen MR) is 75.4 cm³/mol. The van der Waals surface area contributed by atoms with Crippen LogP contribution in [0.1, 0.15) is 13.8 Å². The highest BCUT2D eigenvalue weighted by molar-refractivity contribution is 7.47. The lowest BCUT2D eigenvalue weighted by molar-refractivity contribution is -0.143. The first kappa shape index (κ1) is 17.7. The zero-order valence-corrected chi connectivity index (χ0v) is 14.2. The molecule has 1 aliphatic rings. The van der Waals surface area contributed by atoms with Gasteiger partial charge in [0, 0.05) is 40.8 Å². The van der Waals surface area contributed by atoms with E-state index < -0.39 is 22.5 Å². The summed E-state index contributed by atoms with van der Waals surface area (Å²) in [6, 6.07) is 0. The second-order valence-electron chi connectivity index (χ2n) is 4.47. The molecule has 8 heteroatoms. The summed E-state index contributed by atoms with van der Waals surface area (Å²) in [4.78, 5) is 0. The molecular weight excluding hydrogens is 290 g/mol. The van der Waals surface area contributed by atoms with Gasteiger partial charge in [-0.25, -0.2) is 0 Å². The lowest BCUT2D eigenvalue weighted by Gasteiger charge is -2.22. The molecule has 0 radical (unpaired) electrons. The van der Waals surface area contributed by atoms with Crippen LogP contribution in [0.5, 0.6) is 0 Å². The van der Waals surface area contributed by atoms with Crippen molar-refractivity contribution in [1.82, 2.24) is 0 Å². The lowest BCUT2D eigenvalue weighted by Crippen LogP contribution is -2.29. The van der Waals surface area contributed by atoms with E-state index >= 15 is 0 Å². The second kappa shape index (κ2) is 8.16. The van der Waals surface area contributed by atoms with Crippen LogP contribution in [0.15, 0.2) is 0 Å². The van der Waals surface area contributed by atoms with E-state index in [1.807, 2.05) is 13.8 Å². The quantitative estimate of drug-likeness (QED) is 0.642. The summed E-state index contributed by atoms with van der Waals surface area (Å²) in [5, 5.41) is 0. The Balaban J connectivity index is 2.64. The molecule has 1 saturated heterocycles. The summed E-state index contributed by atoms with van der Waals surface area (Å²) in [5.74, 6) is -0.597. The molecule has 1 fully saturated rings. The summed E-state index contributed by atoms with van der Waals surface area (Å²) in [7, 11) is 4.67. The van der Waals surface area contributed by atoms with Gasteiger partial charge in [-0.2, -0.15) is 0 Å². The molecule has 1 rings (SSSR count). The normalized spacial score (nSPS) is 26.5. The second-order valence-corrected chi connectivity index (χ2v) is 8.00. The van der Waals surface area contributed by atoms with Gasteiger partial charge in [0.15, 0.2) is 22.5 Å². The van der Waals surface area contributed by atoms with Crippen molar-refractivity contribution in [2.24, 2.45) is 0 Å². The third-order valence-electron chi connectivity index (χ3n) is 2.76. The van der Waals surface area contributed by atoms with Crippen LogP contribution in [0.3, 0.4) is 0 Å².